The van der Waals surface area contributed by atoms with Gasteiger partial charge in [0.05, 0.1) is 6.10 Å². The lowest BCUT2D eigenvalue weighted by atomic mass is 10.0. The summed E-state index contributed by atoms with van der Waals surface area (Å²) in [4.78, 5) is 29.3. The zero-order valence-corrected chi connectivity index (χ0v) is 20.9. The first-order valence-corrected chi connectivity index (χ1v) is 12.5. The number of benzene rings is 1. The van der Waals surface area contributed by atoms with Crippen molar-refractivity contribution in [3.8, 4) is 10.4 Å². The van der Waals surface area contributed by atoms with E-state index in [9.17, 15) is 14.7 Å². The summed E-state index contributed by atoms with van der Waals surface area (Å²) in [5, 5.41) is 19.6. The fourth-order valence-electron chi connectivity index (χ4n) is 4.63. The molecule has 2 aromatic heterocycles. The number of aliphatic hydroxyl groups excluding tert-OH is 1. The maximum atomic E-state index is 13.4. The van der Waals surface area contributed by atoms with Gasteiger partial charge in [-0.3, -0.25) is 14.3 Å². The van der Waals surface area contributed by atoms with Crippen molar-refractivity contribution in [3.63, 3.8) is 0 Å². The highest BCUT2D eigenvalue weighted by atomic mass is 32.1. The van der Waals surface area contributed by atoms with E-state index in [-0.39, 0.29) is 30.7 Å². The van der Waals surface area contributed by atoms with Gasteiger partial charge in [-0.15, -0.1) is 11.3 Å². The smallest absolute Gasteiger partial charge is 0.248 e. The third-order valence-electron chi connectivity index (χ3n) is 6.48. The van der Waals surface area contributed by atoms with Crippen molar-refractivity contribution in [1.29, 1.82) is 0 Å². The Morgan fingerprint density at radius 1 is 1.24 bits per heavy atom. The van der Waals surface area contributed by atoms with E-state index < -0.39 is 18.2 Å². The Bertz CT molecular complexity index is 1150. The predicted octanol–water partition coefficient (Wildman–Crippen LogP) is 3.70. The number of hydrogen-bond acceptors (Lipinski definition) is 5. The van der Waals surface area contributed by atoms with Gasteiger partial charge in [-0.2, -0.15) is 5.10 Å². The molecule has 1 fully saturated rings. The van der Waals surface area contributed by atoms with Crippen molar-refractivity contribution in [2.45, 2.75) is 58.8 Å². The zero-order valence-electron chi connectivity index (χ0n) is 20.1. The number of carbonyl (C=O) groups excluding carboxylic acids is 2. The number of amides is 2. The van der Waals surface area contributed by atoms with Gasteiger partial charge in [-0.05, 0) is 59.5 Å². The van der Waals surface area contributed by atoms with Gasteiger partial charge in [0.25, 0.3) is 0 Å². The second-order valence-electron chi connectivity index (χ2n) is 9.36. The Kier molecular flexibility index (Phi) is 7.19. The highest BCUT2D eigenvalue weighted by molar-refractivity contribution is 7.13. The maximum absolute atomic E-state index is 13.4. The molecular weight excluding hydrogens is 448 g/mol. The quantitative estimate of drug-likeness (QED) is 0.540. The lowest BCUT2D eigenvalue weighted by Gasteiger charge is -2.30. The van der Waals surface area contributed by atoms with E-state index in [1.165, 1.54) is 20.9 Å². The number of rotatable bonds is 7. The molecule has 2 amide bonds. The minimum atomic E-state index is -0.722. The molecule has 7 nitrogen and oxygen atoms in total. The largest absolute Gasteiger partial charge is 0.391 e. The lowest BCUT2D eigenvalue weighted by Crippen LogP contribution is -2.49. The van der Waals surface area contributed by atoms with Crippen LogP contribution in [0.25, 0.3) is 10.4 Å². The number of nitrogens with one attached hydrogen (secondary N) is 1. The van der Waals surface area contributed by atoms with Crippen LogP contribution in [0.5, 0.6) is 0 Å². The van der Waals surface area contributed by atoms with Gasteiger partial charge in [0.15, 0.2) is 0 Å². The minimum absolute atomic E-state index is 0.0120. The number of aromatic nitrogens is 2. The third-order valence-corrected chi connectivity index (χ3v) is 7.54. The molecule has 180 valence electrons. The van der Waals surface area contributed by atoms with Gasteiger partial charge in [0, 0.05) is 36.8 Å². The maximum Gasteiger partial charge on any atom is 0.248 e. The Hall–Kier alpha value is -2.97. The van der Waals surface area contributed by atoms with E-state index in [0.717, 1.165) is 11.1 Å². The van der Waals surface area contributed by atoms with Gasteiger partial charge in [-0.1, -0.05) is 32.0 Å². The van der Waals surface area contributed by atoms with E-state index >= 15 is 0 Å². The van der Waals surface area contributed by atoms with E-state index in [0.29, 0.717) is 6.54 Å². The van der Waals surface area contributed by atoms with Crippen molar-refractivity contribution in [2.75, 3.05) is 6.54 Å². The van der Waals surface area contributed by atoms with Crippen molar-refractivity contribution in [1.82, 2.24) is 20.0 Å². The fraction of sp³-hybridized carbons (Fsp3) is 0.423. The van der Waals surface area contributed by atoms with E-state index in [1.54, 1.807) is 34.5 Å². The lowest BCUT2D eigenvalue weighted by molar-refractivity contribution is -0.142. The van der Waals surface area contributed by atoms with Gasteiger partial charge in [-0.25, -0.2) is 0 Å². The standard InChI is InChI=1S/C26H32N4O3S/c1-16(2)23(30-10-5-9-28-30)26(33)29-15-21(31)13-22(29)25(32)27-14-20-7-6-19(12-18(20)4)24-17(3)8-11-34-24/h5-12,16,21-23,31H,13-15H2,1-4H3,(H,27,32)/t21-,22+,23+/m1/s1. The van der Waals surface area contributed by atoms with Crippen LogP contribution >= 0.6 is 11.3 Å². The highest BCUT2D eigenvalue weighted by Gasteiger charge is 2.42. The molecule has 1 aromatic carbocycles. The summed E-state index contributed by atoms with van der Waals surface area (Å²) < 4.78 is 1.63. The van der Waals surface area contributed by atoms with Crippen molar-refractivity contribution in [2.24, 2.45) is 5.92 Å². The number of likely N-dealkylation sites (tertiary alicyclic amines) is 1. The van der Waals surface area contributed by atoms with Crippen LogP contribution in [0, 0.1) is 19.8 Å². The van der Waals surface area contributed by atoms with E-state index in [2.05, 4.69) is 40.9 Å². The molecule has 4 rings (SSSR count). The molecule has 1 aliphatic rings. The van der Waals surface area contributed by atoms with Gasteiger partial charge >= 0.3 is 0 Å². The molecule has 0 radical (unpaired) electrons. The molecule has 3 heterocycles. The summed E-state index contributed by atoms with van der Waals surface area (Å²) in [7, 11) is 0. The second kappa shape index (κ2) is 10.1. The summed E-state index contributed by atoms with van der Waals surface area (Å²) in [5.41, 5.74) is 4.56. The molecule has 8 heteroatoms. The molecule has 0 bridgehead atoms. The van der Waals surface area contributed by atoms with Gasteiger partial charge in [0.2, 0.25) is 11.8 Å². The molecule has 2 N–H and O–H groups in total. The number of hydrogen-bond donors (Lipinski definition) is 2. The summed E-state index contributed by atoms with van der Waals surface area (Å²) in [5.74, 6) is -0.449. The fourth-order valence-corrected chi connectivity index (χ4v) is 5.55. The van der Waals surface area contributed by atoms with Crippen molar-refractivity contribution < 1.29 is 14.7 Å². The molecule has 34 heavy (non-hydrogen) atoms. The van der Waals surface area contributed by atoms with Crippen LogP contribution in [0.2, 0.25) is 0 Å². The van der Waals surface area contributed by atoms with Gasteiger partial charge in [0.1, 0.15) is 12.1 Å². The molecule has 1 saturated heterocycles. The Balaban J connectivity index is 1.45. The topological polar surface area (TPSA) is 87.5 Å². The molecule has 3 atom stereocenters. The number of carbonyl (C=O) groups is 2. The molecule has 0 aliphatic carbocycles. The number of β-amino-alcohol motifs (C(OH)–C–C–N with tert-alkyl or cyclic N) is 1. The van der Waals surface area contributed by atoms with Crippen LogP contribution in [0.15, 0.2) is 48.1 Å². The number of nitrogens with zero attached hydrogens (tertiary/aromatic N) is 3. The van der Waals surface area contributed by atoms with Crippen LogP contribution in [0.4, 0.5) is 0 Å². The first-order chi connectivity index (χ1) is 16.3. The van der Waals surface area contributed by atoms with Crippen LogP contribution in [0.1, 0.15) is 43.0 Å². The molecule has 0 unspecified atom stereocenters. The van der Waals surface area contributed by atoms with Crippen LogP contribution in [-0.4, -0.2) is 50.3 Å². The monoisotopic (exact) mass is 480 g/mol. The Morgan fingerprint density at radius 3 is 2.65 bits per heavy atom. The van der Waals surface area contributed by atoms with Crippen molar-refractivity contribution >= 4 is 23.2 Å². The normalized spacial score (nSPS) is 18.9. The third kappa shape index (κ3) is 4.93. The second-order valence-corrected chi connectivity index (χ2v) is 10.3. The molecule has 3 aromatic rings. The Morgan fingerprint density at radius 2 is 2.03 bits per heavy atom. The van der Waals surface area contributed by atoms with Crippen molar-refractivity contribution in [3.05, 3.63) is 64.8 Å². The van der Waals surface area contributed by atoms with Gasteiger partial charge < -0.3 is 15.3 Å². The zero-order chi connectivity index (χ0) is 24.4. The molecular formula is C26H32N4O3S. The van der Waals surface area contributed by atoms with E-state index in [4.69, 9.17) is 0 Å². The average molecular weight is 481 g/mol. The molecule has 0 saturated carbocycles. The number of aryl methyl sites for hydroxylation is 2. The Labute approximate surface area is 204 Å². The van der Waals surface area contributed by atoms with Crippen LogP contribution in [-0.2, 0) is 16.1 Å². The van der Waals surface area contributed by atoms with Crippen LogP contribution < -0.4 is 5.32 Å². The first kappa shape index (κ1) is 24.2. The summed E-state index contributed by atoms with van der Waals surface area (Å²) in [6, 6.07) is 8.94. The van der Waals surface area contributed by atoms with E-state index in [1.807, 2.05) is 26.8 Å². The first-order valence-electron chi connectivity index (χ1n) is 11.7. The molecule has 1 aliphatic heterocycles. The minimum Gasteiger partial charge on any atom is -0.391 e. The number of thiophene rings is 1. The van der Waals surface area contributed by atoms with Crippen LogP contribution in [0.3, 0.4) is 0 Å². The summed E-state index contributed by atoms with van der Waals surface area (Å²) in [6.07, 6.45) is 2.91. The summed E-state index contributed by atoms with van der Waals surface area (Å²) >= 11 is 1.72. The average Bonchev–Trinajstić information content (AvgIpc) is 3.54. The summed E-state index contributed by atoms with van der Waals surface area (Å²) in [6.45, 7) is 8.58. The number of aliphatic hydroxyl groups is 1. The highest BCUT2D eigenvalue weighted by Crippen LogP contribution is 2.30. The predicted molar refractivity (Wildman–Crippen MR) is 133 cm³/mol. The SMILES string of the molecule is Cc1cc(-c2sccc2C)ccc1CNC(=O)[C@@H]1C[C@@H](O)CN1C(=O)[C@H](C(C)C)n1cccn1. The molecule has 0 spiro atoms.